The minimum atomic E-state index is -0.454. The van der Waals surface area contributed by atoms with Crippen LogP contribution in [0.4, 0.5) is 5.95 Å². The van der Waals surface area contributed by atoms with Gasteiger partial charge in [0, 0.05) is 19.2 Å². The zero-order valence-electron chi connectivity index (χ0n) is 18.0. The van der Waals surface area contributed by atoms with E-state index in [0.717, 1.165) is 23.9 Å². The summed E-state index contributed by atoms with van der Waals surface area (Å²) in [6, 6.07) is 11.0. The molecule has 0 radical (unpaired) electrons. The van der Waals surface area contributed by atoms with E-state index in [9.17, 15) is 14.9 Å². The third kappa shape index (κ3) is 4.25. The molecule has 1 saturated heterocycles. The first-order chi connectivity index (χ1) is 15.5. The molecule has 9 heteroatoms. The fourth-order valence-corrected chi connectivity index (χ4v) is 4.00. The zero-order valence-corrected chi connectivity index (χ0v) is 18.0. The number of carbonyl (C=O) groups excluding carboxylic acids is 2. The van der Waals surface area contributed by atoms with Crippen molar-refractivity contribution in [3.63, 3.8) is 0 Å². The lowest BCUT2D eigenvalue weighted by atomic mass is 10.1. The summed E-state index contributed by atoms with van der Waals surface area (Å²) in [4.78, 5) is 31.9. The topological polar surface area (TPSA) is 117 Å². The summed E-state index contributed by atoms with van der Waals surface area (Å²) in [5.74, 6) is -0.153. The Morgan fingerprint density at radius 1 is 1.34 bits per heavy atom. The van der Waals surface area contributed by atoms with E-state index in [0.29, 0.717) is 19.0 Å². The maximum absolute atomic E-state index is 13.1. The predicted octanol–water partition coefficient (Wildman–Crippen LogP) is 3.37. The first kappa shape index (κ1) is 21.3. The standard InChI is InChI=1S/C23H24N6O3/c1-15(2)12-16(13-24)22(31)28-11-5-6-17(28)14-29-19-8-4-3-7-18(19)26-23(29)27-21(30)20-9-10-25-32-20/h3-4,7-10,12,15,17H,5-6,11,14H2,1-2H3,(H,26,27,30). The maximum Gasteiger partial charge on any atom is 0.296 e. The molecule has 1 fully saturated rings. The average Bonchev–Trinajstić information content (AvgIpc) is 3.53. The molecule has 1 N–H and O–H groups in total. The van der Waals surface area contributed by atoms with Crippen LogP contribution < -0.4 is 5.32 Å². The smallest absolute Gasteiger partial charge is 0.296 e. The Morgan fingerprint density at radius 2 is 2.16 bits per heavy atom. The molecule has 32 heavy (non-hydrogen) atoms. The van der Waals surface area contributed by atoms with E-state index in [1.165, 1.54) is 12.3 Å². The molecular formula is C23H24N6O3. The van der Waals surface area contributed by atoms with Gasteiger partial charge < -0.3 is 14.0 Å². The number of anilines is 1. The second kappa shape index (κ2) is 9.06. The van der Waals surface area contributed by atoms with Crippen molar-refractivity contribution in [3.05, 3.63) is 53.9 Å². The van der Waals surface area contributed by atoms with Crippen molar-refractivity contribution in [2.45, 2.75) is 39.3 Å². The van der Waals surface area contributed by atoms with Crippen molar-refractivity contribution in [1.82, 2.24) is 19.6 Å². The molecule has 4 rings (SSSR count). The van der Waals surface area contributed by atoms with Crippen LogP contribution in [0.1, 0.15) is 37.2 Å². The monoisotopic (exact) mass is 432 g/mol. The van der Waals surface area contributed by atoms with E-state index in [2.05, 4.69) is 15.5 Å². The number of benzene rings is 1. The van der Waals surface area contributed by atoms with Crippen LogP contribution in [0, 0.1) is 17.2 Å². The second-order valence-corrected chi connectivity index (χ2v) is 8.10. The molecule has 164 valence electrons. The third-order valence-corrected chi connectivity index (χ3v) is 5.42. The number of aromatic nitrogens is 3. The Hall–Kier alpha value is -3.93. The molecule has 1 aliphatic heterocycles. The summed E-state index contributed by atoms with van der Waals surface area (Å²) in [5, 5.41) is 15.8. The van der Waals surface area contributed by atoms with Crippen LogP contribution in [0.3, 0.4) is 0 Å². The summed E-state index contributed by atoms with van der Waals surface area (Å²) < 4.78 is 6.85. The summed E-state index contributed by atoms with van der Waals surface area (Å²) in [7, 11) is 0. The van der Waals surface area contributed by atoms with Crippen molar-refractivity contribution < 1.29 is 14.1 Å². The fraction of sp³-hybridized carbons (Fsp3) is 0.348. The van der Waals surface area contributed by atoms with Gasteiger partial charge >= 0.3 is 0 Å². The molecule has 1 aromatic carbocycles. The van der Waals surface area contributed by atoms with E-state index < -0.39 is 5.91 Å². The molecule has 1 atom stereocenters. The summed E-state index contributed by atoms with van der Waals surface area (Å²) in [6.07, 6.45) is 4.75. The Kier molecular flexibility index (Phi) is 6.03. The van der Waals surface area contributed by atoms with Crippen LogP contribution in [-0.4, -0.2) is 44.0 Å². The number of hydrogen-bond donors (Lipinski definition) is 1. The largest absolute Gasteiger partial charge is 0.351 e. The molecule has 1 unspecified atom stereocenters. The van der Waals surface area contributed by atoms with Gasteiger partial charge in [-0.2, -0.15) is 5.26 Å². The molecular weight excluding hydrogens is 408 g/mol. The quantitative estimate of drug-likeness (QED) is 0.471. The summed E-state index contributed by atoms with van der Waals surface area (Å²) in [5.41, 5.74) is 1.74. The predicted molar refractivity (Wildman–Crippen MR) is 117 cm³/mol. The van der Waals surface area contributed by atoms with Gasteiger partial charge in [0.15, 0.2) is 0 Å². The number of likely N-dealkylation sites (tertiary alicyclic amines) is 1. The molecule has 9 nitrogen and oxygen atoms in total. The molecule has 3 heterocycles. The molecule has 1 aliphatic rings. The fourth-order valence-electron chi connectivity index (χ4n) is 4.00. The van der Waals surface area contributed by atoms with Gasteiger partial charge in [-0.1, -0.05) is 37.2 Å². The first-order valence-electron chi connectivity index (χ1n) is 10.6. The minimum absolute atomic E-state index is 0.0822. The Morgan fingerprint density at radius 3 is 2.88 bits per heavy atom. The van der Waals surface area contributed by atoms with Crippen molar-refractivity contribution in [3.8, 4) is 6.07 Å². The molecule has 3 aromatic rings. The summed E-state index contributed by atoms with van der Waals surface area (Å²) >= 11 is 0. The van der Waals surface area contributed by atoms with Crippen LogP contribution >= 0.6 is 0 Å². The first-order valence-corrected chi connectivity index (χ1v) is 10.6. The summed E-state index contributed by atoms with van der Waals surface area (Å²) in [6.45, 7) is 4.91. The molecule has 0 saturated carbocycles. The number of rotatable bonds is 6. The van der Waals surface area contributed by atoms with Gasteiger partial charge in [-0.3, -0.25) is 14.9 Å². The van der Waals surface area contributed by atoms with Crippen LogP contribution in [-0.2, 0) is 11.3 Å². The van der Waals surface area contributed by atoms with Crippen LogP contribution in [0.25, 0.3) is 11.0 Å². The lowest BCUT2D eigenvalue weighted by molar-refractivity contribution is -0.127. The number of nitrogens with one attached hydrogen (secondary N) is 1. The Labute approximate surface area is 185 Å². The number of hydrogen-bond acceptors (Lipinski definition) is 6. The lowest BCUT2D eigenvalue weighted by Crippen LogP contribution is -2.39. The van der Waals surface area contributed by atoms with E-state index in [4.69, 9.17) is 4.52 Å². The number of allylic oxidation sites excluding steroid dienone is 1. The van der Waals surface area contributed by atoms with Crippen molar-refractivity contribution >= 4 is 28.8 Å². The van der Waals surface area contributed by atoms with Crippen molar-refractivity contribution in [2.24, 2.45) is 5.92 Å². The molecule has 0 bridgehead atoms. The van der Waals surface area contributed by atoms with Gasteiger partial charge in [0.05, 0.1) is 23.3 Å². The zero-order chi connectivity index (χ0) is 22.7. The number of carbonyl (C=O) groups is 2. The van der Waals surface area contributed by atoms with Gasteiger partial charge in [-0.25, -0.2) is 4.98 Å². The van der Waals surface area contributed by atoms with E-state index in [1.807, 2.05) is 48.7 Å². The SMILES string of the molecule is CC(C)C=C(C#N)C(=O)N1CCCC1Cn1c(NC(=O)c2ccno2)nc2ccccc21. The lowest BCUT2D eigenvalue weighted by Gasteiger charge is -2.26. The van der Waals surface area contributed by atoms with E-state index in [-0.39, 0.29) is 29.2 Å². The molecule has 0 aliphatic carbocycles. The van der Waals surface area contributed by atoms with Gasteiger partial charge in [0.1, 0.15) is 11.6 Å². The number of amides is 2. The van der Waals surface area contributed by atoms with Crippen LogP contribution in [0.2, 0.25) is 0 Å². The van der Waals surface area contributed by atoms with E-state index in [1.54, 1.807) is 11.0 Å². The van der Waals surface area contributed by atoms with Gasteiger partial charge in [0.2, 0.25) is 11.7 Å². The highest BCUT2D eigenvalue weighted by atomic mass is 16.5. The number of nitrogens with zero attached hydrogens (tertiary/aromatic N) is 5. The third-order valence-electron chi connectivity index (χ3n) is 5.42. The number of para-hydroxylation sites is 2. The molecule has 0 spiro atoms. The second-order valence-electron chi connectivity index (χ2n) is 8.10. The molecule has 2 aromatic heterocycles. The van der Waals surface area contributed by atoms with E-state index >= 15 is 0 Å². The number of fused-ring (bicyclic) bond motifs is 1. The molecule has 2 amide bonds. The van der Waals surface area contributed by atoms with Crippen LogP contribution in [0.15, 0.2) is 52.7 Å². The van der Waals surface area contributed by atoms with Crippen molar-refractivity contribution in [2.75, 3.05) is 11.9 Å². The highest BCUT2D eigenvalue weighted by Gasteiger charge is 2.32. The Balaban J connectivity index is 1.64. The minimum Gasteiger partial charge on any atom is -0.351 e. The van der Waals surface area contributed by atoms with Gasteiger partial charge in [0.25, 0.3) is 11.8 Å². The highest BCUT2D eigenvalue weighted by molar-refractivity contribution is 6.02. The number of nitriles is 1. The average molecular weight is 432 g/mol. The number of imidazole rings is 1. The van der Waals surface area contributed by atoms with Gasteiger partial charge in [-0.05, 0) is 30.9 Å². The van der Waals surface area contributed by atoms with Crippen LogP contribution in [0.5, 0.6) is 0 Å². The highest BCUT2D eigenvalue weighted by Crippen LogP contribution is 2.26. The normalized spacial score (nSPS) is 16.5. The maximum atomic E-state index is 13.1. The van der Waals surface area contributed by atoms with Gasteiger partial charge in [-0.15, -0.1) is 0 Å². The van der Waals surface area contributed by atoms with Crippen molar-refractivity contribution in [1.29, 1.82) is 5.26 Å². The Bertz CT molecular complexity index is 1200.